The van der Waals surface area contributed by atoms with Gasteiger partial charge in [0.05, 0.1) is 12.5 Å². The lowest BCUT2D eigenvalue weighted by atomic mass is 9.90. The van der Waals surface area contributed by atoms with Crippen LogP contribution in [-0.2, 0) is 9.53 Å². The van der Waals surface area contributed by atoms with Gasteiger partial charge in [0.25, 0.3) is 0 Å². The molecule has 0 radical (unpaired) electrons. The fourth-order valence-electron chi connectivity index (χ4n) is 2.76. The normalized spacial score (nSPS) is 32.3. The van der Waals surface area contributed by atoms with E-state index in [1.807, 2.05) is 0 Å². The molecule has 2 rings (SSSR count). The van der Waals surface area contributed by atoms with Gasteiger partial charge in [0, 0.05) is 25.7 Å². The number of carboxylic acids is 1. The maximum Gasteiger partial charge on any atom is 0.303 e. The van der Waals surface area contributed by atoms with E-state index in [0.717, 1.165) is 39.0 Å². The van der Waals surface area contributed by atoms with E-state index in [-0.39, 0.29) is 0 Å². The van der Waals surface area contributed by atoms with Crippen molar-refractivity contribution in [2.24, 2.45) is 5.92 Å². The first-order valence-corrected chi connectivity index (χ1v) is 6.26. The number of hydrogen-bond acceptors (Lipinski definition) is 3. The number of aliphatic carboxylic acids is 1. The van der Waals surface area contributed by atoms with Gasteiger partial charge in [-0.2, -0.15) is 0 Å². The molecule has 0 aromatic carbocycles. The zero-order chi connectivity index (χ0) is 11.5. The van der Waals surface area contributed by atoms with Gasteiger partial charge in [-0.25, -0.2) is 0 Å². The van der Waals surface area contributed by atoms with Gasteiger partial charge in [0.1, 0.15) is 0 Å². The summed E-state index contributed by atoms with van der Waals surface area (Å²) in [5.74, 6) is -0.288. The standard InChI is InChI=1S/C12H21NO3/c1-2-11-6-10(3-4-16-11)13-7-9(8-13)5-12(14)15/h9-11H,2-8H2,1H3,(H,14,15). The van der Waals surface area contributed by atoms with Crippen LogP contribution in [0.4, 0.5) is 0 Å². The van der Waals surface area contributed by atoms with Crippen LogP contribution in [0.25, 0.3) is 0 Å². The van der Waals surface area contributed by atoms with Crippen LogP contribution in [0.1, 0.15) is 32.6 Å². The van der Waals surface area contributed by atoms with Crippen molar-refractivity contribution in [3.8, 4) is 0 Å². The molecule has 0 aliphatic carbocycles. The van der Waals surface area contributed by atoms with Crippen LogP contribution in [-0.4, -0.2) is 47.8 Å². The Morgan fingerprint density at radius 3 is 2.88 bits per heavy atom. The molecule has 0 saturated carbocycles. The fourth-order valence-corrected chi connectivity index (χ4v) is 2.76. The number of rotatable bonds is 4. The highest BCUT2D eigenvalue weighted by molar-refractivity contribution is 5.67. The van der Waals surface area contributed by atoms with Crippen molar-refractivity contribution in [2.45, 2.75) is 44.8 Å². The average Bonchev–Trinajstić information content (AvgIpc) is 2.22. The largest absolute Gasteiger partial charge is 0.481 e. The number of carboxylic acid groups (broad SMARTS) is 1. The van der Waals surface area contributed by atoms with Gasteiger partial charge in [-0.05, 0) is 25.2 Å². The maximum absolute atomic E-state index is 10.5. The second-order valence-corrected chi connectivity index (χ2v) is 5.00. The molecule has 2 unspecified atom stereocenters. The van der Waals surface area contributed by atoms with Gasteiger partial charge >= 0.3 is 5.97 Å². The summed E-state index contributed by atoms with van der Waals surface area (Å²) in [5.41, 5.74) is 0. The van der Waals surface area contributed by atoms with E-state index in [0.29, 0.717) is 24.5 Å². The molecular weight excluding hydrogens is 206 g/mol. The summed E-state index contributed by atoms with van der Waals surface area (Å²) in [6.07, 6.45) is 4.06. The van der Waals surface area contributed by atoms with Gasteiger partial charge in [0.2, 0.25) is 0 Å². The molecule has 2 heterocycles. The van der Waals surface area contributed by atoms with Crippen LogP contribution in [0.15, 0.2) is 0 Å². The van der Waals surface area contributed by atoms with Crippen LogP contribution in [0.5, 0.6) is 0 Å². The number of nitrogens with zero attached hydrogens (tertiary/aromatic N) is 1. The number of carbonyl (C=O) groups is 1. The van der Waals surface area contributed by atoms with E-state index in [1.165, 1.54) is 0 Å². The van der Waals surface area contributed by atoms with Crippen molar-refractivity contribution in [1.82, 2.24) is 4.90 Å². The monoisotopic (exact) mass is 227 g/mol. The molecular formula is C12H21NO3. The van der Waals surface area contributed by atoms with E-state index in [2.05, 4.69) is 11.8 Å². The molecule has 2 fully saturated rings. The molecule has 92 valence electrons. The van der Waals surface area contributed by atoms with Crippen LogP contribution >= 0.6 is 0 Å². The zero-order valence-electron chi connectivity index (χ0n) is 9.89. The molecule has 0 amide bonds. The van der Waals surface area contributed by atoms with Crippen LogP contribution in [0, 0.1) is 5.92 Å². The third-order valence-electron chi connectivity index (χ3n) is 3.76. The summed E-state index contributed by atoms with van der Waals surface area (Å²) in [7, 11) is 0. The third kappa shape index (κ3) is 2.74. The Balaban J connectivity index is 1.72. The average molecular weight is 227 g/mol. The van der Waals surface area contributed by atoms with Gasteiger partial charge < -0.3 is 9.84 Å². The first kappa shape index (κ1) is 11.9. The Hall–Kier alpha value is -0.610. The topological polar surface area (TPSA) is 49.8 Å². The summed E-state index contributed by atoms with van der Waals surface area (Å²) in [4.78, 5) is 13.0. The molecule has 2 aliphatic heterocycles. The summed E-state index contributed by atoms with van der Waals surface area (Å²) in [6.45, 7) is 4.96. The second kappa shape index (κ2) is 5.15. The Kier molecular flexibility index (Phi) is 3.82. The van der Waals surface area contributed by atoms with Crippen molar-refractivity contribution in [3.05, 3.63) is 0 Å². The molecule has 2 saturated heterocycles. The Bertz CT molecular complexity index is 251. The van der Waals surface area contributed by atoms with E-state index < -0.39 is 5.97 Å². The zero-order valence-corrected chi connectivity index (χ0v) is 9.89. The van der Waals surface area contributed by atoms with E-state index in [9.17, 15) is 4.79 Å². The van der Waals surface area contributed by atoms with Crippen molar-refractivity contribution < 1.29 is 14.6 Å². The summed E-state index contributed by atoms with van der Waals surface area (Å²) < 4.78 is 5.65. The molecule has 2 aliphatic rings. The second-order valence-electron chi connectivity index (χ2n) is 5.00. The first-order chi connectivity index (χ1) is 7.69. The minimum atomic E-state index is -0.664. The quantitative estimate of drug-likeness (QED) is 0.787. The minimum Gasteiger partial charge on any atom is -0.481 e. The molecule has 4 heteroatoms. The van der Waals surface area contributed by atoms with Gasteiger partial charge in [-0.1, -0.05) is 6.92 Å². The molecule has 1 N–H and O–H groups in total. The van der Waals surface area contributed by atoms with Crippen molar-refractivity contribution in [2.75, 3.05) is 19.7 Å². The maximum atomic E-state index is 10.5. The number of ether oxygens (including phenoxy) is 1. The highest BCUT2D eigenvalue weighted by Crippen LogP contribution is 2.28. The summed E-state index contributed by atoms with van der Waals surface area (Å²) >= 11 is 0. The minimum absolute atomic E-state index is 0.330. The third-order valence-corrected chi connectivity index (χ3v) is 3.76. The highest BCUT2D eigenvalue weighted by Gasteiger charge is 2.35. The van der Waals surface area contributed by atoms with Crippen molar-refractivity contribution in [3.63, 3.8) is 0 Å². The first-order valence-electron chi connectivity index (χ1n) is 6.26. The van der Waals surface area contributed by atoms with Gasteiger partial charge in [-0.15, -0.1) is 0 Å². The molecule has 4 nitrogen and oxygen atoms in total. The number of hydrogen-bond donors (Lipinski definition) is 1. The van der Waals surface area contributed by atoms with Crippen LogP contribution < -0.4 is 0 Å². The van der Waals surface area contributed by atoms with Gasteiger partial charge in [0.15, 0.2) is 0 Å². The predicted octanol–water partition coefficient (Wildman–Crippen LogP) is 1.35. The lowest BCUT2D eigenvalue weighted by molar-refractivity contribution is -0.140. The molecule has 16 heavy (non-hydrogen) atoms. The SMILES string of the molecule is CCC1CC(N2CC(CC(=O)O)C2)CCO1. The van der Waals surface area contributed by atoms with E-state index >= 15 is 0 Å². The smallest absolute Gasteiger partial charge is 0.303 e. The molecule has 0 bridgehead atoms. The van der Waals surface area contributed by atoms with Crippen molar-refractivity contribution in [1.29, 1.82) is 0 Å². The van der Waals surface area contributed by atoms with Crippen LogP contribution in [0.3, 0.4) is 0 Å². The Labute approximate surface area is 96.6 Å². The van der Waals surface area contributed by atoms with Crippen molar-refractivity contribution >= 4 is 5.97 Å². The van der Waals surface area contributed by atoms with Crippen LogP contribution in [0.2, 0.25) is 0 Å². The van der Waals surface area contributed by atoms with E-state index in [1.54, 1.807) is 0 Å². The molecule has 0 aromatic rings. The van der Waals surface area contributed by atoms with Gasteiger partial charge in [-0.3, -0.25) is 9.69 Å². The fraction of sp³-hybridized carbons (Fsp3) is 0.917. The Morgan fingerprint density at radius 2 is 2.25 bits per heavy atom. The molecule has 0 spiro atoms. The molecule has 2 atom stereocenters. The lowest BCUT2D eigenvalue weighted by Gasteiger charge is -2.46. The molecule has 0 aromatic heterocycles. The number of likely N-dealkylation sites (tertiary alicyclic amines) is 1. The highest BCUT2D eigenvalue weighted by atomic mass is 16.5. The summed E-state index contributed by atoms with van der Waals surface area (Å²) in [5, 5.41) is 8.69. The Morgan fingerprint density at radius 1 is 1.50 bits per heavy atom. The predicted molar refractivity (Wildman–Crippen MR) is 60.4 cm³/mol. The summed E-state index contributed by atoms with van der Waals surface area (Å²) in [6, 6.07) is 0.628. The lowest BCUT2D eigenvalue weighted by Crippen LogP contribution is -2.54. The van der Waals surface area contributed by atoms with E-state index in [4.69, 9.17) is 9.84 Å².